The number of hydrogen-bond donors (Lipinski definition) is 0. The van der Waals surface area contributed by atoms with Gasteiger partial charge in [-0.3, -0.25) is 4.79 Å². The first-order valence-electron chi connectivity index (χ1n) is 9.36. The van der Waals surface area contributed by atoms with Gasteiger partial charge in [0, 0.05) is 17.4 Å². The van der Waals surface area contributed by atoms with E-state index in [1.165, 1.54) is 5.01 Å². The second kappa shape index (κ2) is 7.84. The lowest BCUT2D eigenvalue weighted by Crippen LogP contribution is -2.27. The van der Waals surface area contributed by atoms with Crippen molar-refractivity contribution < 1.29 is 4.79 Å². The van der Waals surface area contributed by atoms with Crippen LogP contribution in [0.1, 0.15) is 33.3 Å². The van der Waals surface area contributed by atoms with Crippen LogP contribution in [0.25, 0.3) is 10.9 Å². The molecule has 1 aliphatic heterocycles. The maximum atomic E-state index is 13.4. The number of carbonyl (C=O) groups excluding carboxylic acids is 1. The SMILES string of the molecule is O=C(c1ccccc1Cl)N1N=C(c2cccs2)C[C@@H]1c1cc2ccccc2nc1Cl. The third-order valence-corrected chi connectivity index (χ3v) is 6.64. The zero-order valence-corrected chi connectivity index (χ0v) is 18.0. The highest BCUT2D eigenvalue weighted by Crippen LogP contribution is 2.39. The fourth-order valence-electron chi connectivity index (χ4n) is 3.63. The molecule has 1 amide bonds. The molecule has 0 fully saturated rings. The van der Waals surface area contributed by atoms with E-state index in [9.17, 15) is 4.79 Å². The smallest absolute Gasteiger partial charge is 0.267 e. The number of aromatic nitrogens is 1. The highest BCUT2D eigenvalue weighted by atomic mass is 35.5. The number of carbonyl (C=O) groups is 1. The maximum Gasteiger partial charge on any atom is 0.276 e. The van der Waals surface area contributed by atoms with Gasteiger partial charge in [-0.05, 0) is 35.7 Å². The van der Waals surface area contributed by atoms with Crippen molar-refractivity contribution >= 4 is 57.1 Å². The number of halogens is 2. The minimum absolute atomic E-state index is 0.263. The highest BCUT2D eigenvalue weighted by molar-refractivity contribution is 7.12. The topological polar surface area (TPSA) is 45.6 Å². The summed E-state index contributed by atoms with van der Waals surface area (Å²) < 4.78 is 0. The Bertz CT molecular complexity index is 1290. The van der Waals surface area contributed by atoms with E-state index in [1.54, 1.807) is 35.6 Å². The van der Waals surface area contributed by atoms with Crippen LogP contribution in [0, 0.1) is 0 Å². The summed E-state index contributed by atoms with van der Waals surface area (Å²) in [6, 6.07) is 20.4. The number of fused-ring (bicyclic) bond motifs is 1. The van der Waals surface area contributed by atoms with E-state index in [0.717, 1.165) is 27.1 Å². The van der Waals surface area contributed by atoms with E-state index in [0.29, 0.717) is 22.2 Å². The Morgan fingerprint density at radius 1 is 1.03 bits per heavy atom. The number of hydrazone groups is 1. The van der Waals surface area contributed by atoms with Crippen LogP contribution in [0.3, 0.4) is 0 Å². The number of para-hydroxylation sites is 1. The molecular formula is C23H15Cl2N3OS. The van der Waals surface area contributed by atoms with Crippen molar-refractivity contribution in [1.29, 1.82) is 0 Å². The Kier molecular flexibility index (Phi) is 5.03. The van der Waals surface area contributed by atoms with E-state index >= 15 is 0 Å². The highest BCUT2D eigenvalue weighted by Gasteiger charge is 2.36. The quantitative estimate of drug-likeness (QED) is 0.329. The summed E-state index contributed by atoms with van der Waals surface area (Å²) in [6.45, 7) is 0. The minimum Gasteiger partial charge on any atom is -0.267 e. The summed E-state index contributed by atoms with van der Waals surface area (Å²) in [5.74, 6) is -0.263. The van der Waals surface area contributed by atoms with Crippen molar-refractivity contribution in [2.24, 2.45) is 5.10 Å². The minimum atomic E-state index is -0.365. The lowest BCUT2D eigenvalue weighted by atomic mass is 10.0. The number of pyridine rings is 1. The molecule has 0 radical (unpaired) electrons. The zero-order chi connectivity index (χ0) is 20.7. The third kappa shape index (κ3) is 3.39. The average Bonchev–Trinajstić information content (AvgIpc) is 3.43. The molecule has 0 saturated carbocycles. The number of rotatable bonds is 3. The van der Waals surface area contributed by atoms with Crippen molar-refractivity contribution in [2.75, 3.05) is 0 Å². The van der Waals surface area contributed by atoms with Gasteiger partial charge in [0.15, 0.2) is 0 Å². The molecule has 2 aromatic heterocycles. The van der Waals surface area contributed by atoms with Crippen molar-refractivity contribution in [3.63, 3.8) is 0 Å². The first-order valence-corrected chi connectivity index (χ1v) is 11.0. The lowest BCUT2D eigenvalue weighted by Gasteiger charge is -2.23. The third-order valence-electron chi connectivity index (χ3n) is 5.09. The summed E-state index contributed by atoms with van der Waals surface area (Å²) in [5, 5.41) is 9.91. The molecule has 0 unspecified atom stereocenters. The Balaban J connectivity index is 1.62. The van der Waals surface area contributed by atoms with Gasteiger partial charge in [-0.1, -0.05) is 59.6 Å². The number of amides is 1. The molecule has 0 aliphatic carbocycles. The Labute approximate surface area is 187 Å². The van der Waals surface area contributed by atoms with Crippen LogP contribution in [-0.2, 0) is 0 Å². The molecule has 3 heterocycles. The second-order valence-electron chi connectivity index (χ2n) is 6.93. The molecule has 4 aromatic rings. The number of hydrogen-bond acceptors (Lipinski definition) is 4. The maximum absolute atomic E-state index is 13.4. The predicted molar refractivity (Wildman–Crippen MR) is 123 cm³/mol. The molecule has 1 atom stereocenters. The largest absolute Gasteiger partial charge is 0.276 e. The first-order chi connectivity index (χ1) is 14.6. The molecule has 0 spiro atoms. The molecule has 0 bridgehead atoms. The van der Waals surface area contributed by atoms with Crippen LogP contribution in [0.5, 0.6) is 0 Å². The molecule has 0 saturated heterocycles. The van der Waals surface area contributed by atoms with Gasteiger partial charge in [0.05, 0.1) is 32.7 Å². The summed E-state index contributed by atoms with van der Waals surface area (Å²) >= 11 is 14.5. The molecule has 5 rings (SSSR count). The molecule has 148 valence electrons. The van der Waals surface area contributed by atoms with Gasteiger partial charge in [-0.2, -0.15) is 5.10 Å². The van der Waals surface area contributed by atoms with Crippen molar-refractivity contribution in [1.82, 2.24) is 9.99 Å². The van der Waals surface area contributed by atoms with E-state index < -0.39 is 0 Å². The van der Waals surface area contributed by atoms with E-state index in [1.807, 2.05) is 47.8 Å². The predicted octanol–water partition coefficient (Wildman–Crippen LogP) is 6.59. The van der Waals surface area contributed by atoms with Crippen LogP contribution in [-0.4, -0.2) is 21.6 Å². The molecular weight excluding hydrogens is 437 g/mol. The normalized spacial score (nSPS) is 16.1. The van der Waals surface area contributed by atoms with Crippen LogP contribution >= 0.6 is 34.5 Å². The zero-order valence-electron chi connectivity index (χ0n) is 15.6. The van der Waals surface area contributed by atoms with E-state index in [2.05, 4.69) is 4.98 Å². The molecule has 7 heteroatoms. The molecule has 4 nitrogen and oxygen atoms in total. The van der Waals surface area contributed by atoms with Crippen LogP contribution < -0.4 is 0 Å². The van der Waals surface area contributed by atoms with Gasteiger partial charge >= 0.3 is 0 Å². The first kappa shape index (κ1) is 19.2. The number of nitrogens with zero attached hydrogens (tertiary/aromatic N) is 3. The molecule has 30 heavy (non-hydrogen) atoms. The fourth-order valence-corrected chi connectivity index (χ4v) is 4.84. The van der Waals surface area contributed by atoms with Crippen molar-refractivity contribution in [2.45, 2.75) is 12.5 Å². The lowest BCUT2D eigenvalue weighted by molar-refractivity contribution is 0.0711. The fraction of sp³-hybridized carbons (Fsp3) is 0.0870. The number of benzene rings is 2. The molecule has 2 aromatic carbocycles. The van der Waals surface area contributed by atoms with Crippen LogP contribution in [0.15, 0.2) is 77.2 Å². The van der Waals surface area contributed by atoms with Gasteiger partial charge in [-0.15, -0.1) is 11.3 Å². The van der Waals surface area contributed by atoms with Crippen LogP contribution in [0.2, 0.25) is 10.2 Å². The van der Waals surface area contributed by atoms with E-state index in [4.69, 9.17) is 28.3 Å². The Hall–Kier alpha value is -2.73. The summed E-state index contributed by atoms with van der Waals surface area (Å²) in [6.07, 6.45) is 0.552. The monoisotopic (exact) mass is 451 g/mol. The van der Waals surface area contributed by atoms with Gasteiger partial charge < -0.3 is 0 Å². The van der Waals surface area contributed by atoms with Crippen molar-refractivity contribution in [3.05, 3.63) is 98.3 Å². The Morgan fingerprint density at radius 2 is 1.83 bits per heavy atom. The van der Waals surface area contributed by atoms with Gasteiger partial charge in [0.2, 0.25) is 0 Å². The van der Waals surface area contributed by atoms with Crippen LogP contribution in [0.4, 0.5) is 0 Å². The van der Waals surface area contributed by atoms with Gasteiger partial charge in [-0.25, -0.2) is 9.99 Å². The van der Waals surface area contributed by atoms with E-state index in [-0.39, 0.29) is 11.9 Å². The van der Waals surface area contributed by atoms with Crippen molar-refractivity contribution in [3.8, 4) is 0 Å². The number of thiophene rings is 1. The summed E-state index contributed by atoms with van der Waals surface area (Å²) in [5.41, 5.74) is 2.84. The standard InChI is InChI=1S/C23H15Cl2N3OS/c24-17-8-3-2-7-15(17)23(29)28-20(13-19(27-28)21-10-5-11-30-21)16-12-14-6-1-4-9-18(14)26-22(16)25/h1-12,20H,13H2/t20-/m1/s1. The second-order valence-corrected chi connectivity index (χ2v) is 8.65. The molecule has 0 N–H and O–H groups in total. The summed E-state index contributed by atoms with van der Waals surface area (Å²) in [7, 11) is 0. The average molecular weight is 452 g/mol. The molecule has 1 aliphatic rings. The van der Waals surface area contributed by atoms with Gasteiger partial charge in [0.25, 0.3) is 5.91 Å². The van der Waals surface area contributed by atoms with Gasteiger partial charge in [0.1, 0.15) is 5.15 Å². The summed E-state index contributed by atoms with van der Waals surface area (Å²) in [4.78, 5) is 19.0. The Morgan fingerprint density at radius 3 is 2.63 bits per heavy atom.